The molecule has 1 aromatic rings. The van der Waals surface area contributed by atoms with Gasteiger partial charge in [0.1, 0.15) is 17.3 Å². The lowest BCUT2D eigenvalue weighted by atomic mass is 10.1. The third-order valence-electron chi connectivity index (χ3n) is 5.49. The molecule has 4 heterocycles. The Kier molecular flexibility index (Phi) is 4.14. The summed E-state index contributed by atoms with van der Waals surface area (Å²) in [4.78, 5) is 28.6. The molecule has 130 valence electrons. The summed E-state index contributed by atoms with van der Waals surface area (Å²) < 4.78 is 0. The molecule has 1 N–H and O–H groups in total. The highest BCUT2D eigenvalue weighted by molar-refractivity contribution is 5.96. The normalized spacial score (nSPS) is 25.7. The number of hydrogen-bond acceptors (Lipinski definition) is 6. The molecule has 0 aromatic carbocycles. The van der Waals surface area contributed by atoms with Crippen molar-refractivity contribution in [3.05, 3.63) is 17.1 Å². The van der Waals surface area contributed by atoms with Crippen molar-refractivity contribution in [2.24, 2.45) is 0 Å². The lowest BCUT2D eigenvalue weighted by Crippen LogP contribution is -2.49. The topological polar surface area (TPSA) is 64.6 Å². The van der Waals surface area contributed by atoms with Crippen LogP contribution in [-0.4, -0.2) is 84.6 Å². The highest BCUT2D eigenvalue weighted by atomic mass is 16.1. The third kappa shape index (κ3) is 2.86. The largest absolute Gasteiger partial charge is 0.355 e. The van der Waals surface area contributed by atoms with Gasteiger partial charge in [0, 0.05) is 57.4 Å². The van der Waals surface area contributed by atoms with E-state index < -0.39 is 0 Å². The number of amides is 1. The molecule has 24 heavy (non-hydrogen) atoms. The van der Waals surface area contributed by atoms with Gasteiger partial charge in [0.2, 0.25) is 0 Å². The Morgan fingerprint density at radius 3 is 2.71 bits per heavy atom. The maximum absolute atomic E-state index is 12.1. The fourth-order valence-electron chi connectivity index (χ4n) is 4.06. The van der Waals surface area contributed by atoms with E-state index >= 15 is 0 Å². The fraction of sp³-hybridized carbons (Fsp3) is 0.706. The van der Waals surface area contributed by atoms with Crippen LogP contribution in [0.4, 0.5) is 5.82 Å². The molecule has 3 aliphatic heterocycles. The van der Waals surface area contributed by atoms with Gasteiger partial charge in [-0.2, -0.15) is 0 Å². The van der Waals surface area contributed by atoms with Gasteiger partial charge < -0.3 is 15.1 Å². The van der Waals surface area contributed by atoms with E-state index in [4.69, 9.17) is 4.98 Å². The molecular formula is C17H26N6O. The van der Waals surface area contributed by atoms with Crippen molar-refractivity contribution in [2.75, 3.05) is 57.8 Å². The molecule has 4 rings (SSSR count). The van der Waals surface area contributed by atoms with Crippen molar-refractivity contribution >= 4 is 11.7 Å². The monoisotopic (exact) mass is 330 g/mol. The molecule has 3 aliphatic rings. The molecule has 7 nitrogen and oxygen atoms in total. The van der Waals surface area contributed by atoms with Crippen LogP contribution in [0.2, 0.25) is 0 Å². The Labute approximate surface area is 143 Å². The summed E-state index contributed by atoms with van der Waals surface area (Å²) in [6.45, 7) is 9.18. The minimum Gasteiger partial charge on any atom is -0.355 e. The first-order chi connectivity index (χ1) is 11.6. The van der Waals surface area contributed by atoms with E-state index in [0.717, 1.165) is 57.1 Å². The van der Waals surface area contributed by atoms with Crippen LogP contribution in [0.5, 0.6) is 0 Å². The summed E-state index contributed by atoms with van der Waals surface area (Å²) in [6.07, 6.45) is 2.00. The first kappa shape index (κ1) is 15.8. The van der Waals surface area contributed by atoms with Crippen LogP contribution in [0.3, 0.4) is 0 Å². The van der Waals surface area contributed by atoms with E-state index in [-0.39, 0.29) is 5.91 Å². The van der Waals surface area contributed by atoms with E-state index in [2.05, 4.69) is 32.0 Å². The van der Waals surface area contributed by atoms with Gasteiger partial charge in [-0.1, -0.05) is 0 Å². The number of aryl methyl sites for hydroxylation is 1. The van der Waals surface area contributed by atoms with Crippen LogP contribution < -0.4 is 10.2 Å². The van der Waals surface area contributed by atoms with Crippen molar-refractivity contribution < 1.29 is 4.79 Å². The summed E-state index contributed by atoms with van der Waals surface area (Å²) >= 11 is 0. The molecule has 1 atom stereocenters. The lowest BCUT2D eigenvalue weighted by molar-refractivity contribution is 0.0940. The third-order valence-corrected chi connectivity index (χ3v) is 5.49. The van der Waals surface area contributed by atoms with Crippen LogP contribution >= 0.6 is 0 Å². The molecule has 0 spiro atoms. The fourth-order valence-corrected chi connectivity index (χ4v) is 4.06. The highest BCUT2D eigenvalue weighted by Crippen LogP contribution is 2.28. The van der Waals surface area contributed by atoms with Crippen LogP contribution in [0.1, 0.15) is 28.3 Å². The van der Waals surface area contributed by atoms with Crippen LogP contribution in [0.25, 0.3) is 0 Å². The lowest BCUT2D eigenvalue weighted by Gasteiger charge is -2.36. The Hall–Kier alpha value is -1.73. The number of aromatic nitrogens is 2. The molecule has 0 bridgehead atoms. The van der Waals surface area contributed by atoms with Crippen LogP contribution in [0.15, 0.2) is 0 Å². The van der Waals surface area contributed by atoms with E-state index in [9.17, 15) is 4.79 Å². The summed E-state index contributed by atoms with van der Waals surface area (Å²) in [7, 11) is 2.19. The Morgan fingerprint density at radius 1 is 1.12 bits per heavy atom. The van der Waals surface area contributed by atoms with Crippen molar-refractivity contribution in [3.8, 4) is 0 Å². The second kappa shape index (κ2) is 6.29. The van der Waals surface area contributed by atoms with Gasteiger partial charge in [0.05, 0.1) is 0 Å². The summed E-state index contributed by atoms with van der Waals surface area (Å²) in [6, 6.07) is 0.599. The van der Waals surface area contributed by atoms with Crippen molar-refractivity contribution in [2.45, 2.75) is 25.8 Å². The zero-order valence-electron chi connectivity index (χ0n) is 14.6. The summed E-state index contributed by atoms with van der Waals surface area (Å²) in [5, 5.41) is 2.89. The molecule has 1 aromatic heterocycles. The van der Waals surface area contributed by atoms with E-state index in [1.54, 1.807) is 0 Å². The maximum Gasteiger partial charge on any atom is 0.270 e. The van der Waals surface area contributed by atoms with Gasteiger partial charge >= 0.3 is 0 Å². The highest BCUT2D eigenvalue weighted by Gasteiger charge is 2.33. The SMILES string of the molecule is Cc1nc2c(c(N3CCC(N4CCN(C)CC4)C3)n1)CCNC2=O. The van der Waals surface area contributed by atoms with Crippen LogP contribution in [-0.2, 0) is 6.42 Å². The number of piperazine rings is 1. The average molecular weight is 330 g/mol. The summed E-state index contributed by atoms with van der Waals surface area (Å²) in [5.74, 6) is 1.62. The summed E-state index contributed by atoms with van der Waals surface area (Å²) in [5.41, 5.74) is 1.61. The quantitative estimate of drug-likeness (QED) is 0.817. The molecule has 7 heteroatoms. The molecule has 1 amide bonds. The number of hydrogen-bond donors (Lipinski definition) is 1. The van der Waals surface area contributed by atoms with Gasteiger partial charge in [0.25, 0.3) is 5.91 Å². The number of rotatable bonds is 2. The van der Waals surface area contributed by atoms with Gasteiger partial charge in [-0.15, -0.1) is 0 Å². The molecular weight excluding hydrogens is 304 g/mol. The predicted molar refractivity (Wildman–Crippen MR) is 92.5 cm³/mol. The Balaban J connectivity index is 1.54. The Bertz CT molecular complexity index is 640. The van der Waals surface area contributed by atoms with Crippen molar-refractivity contribution in [1.82, 2.24) is 25.1 Å². The number of fused-ring (bicyclic) bond motifs is 1. The number of nitrogens with one attached hydrogen (secondary N) is 1. The zero-order chi connectivity index (χ0) is 16.7. The molecule has 2 saturated heterocycles. The molecule has 2 fully saturated rings. The molecule has 0 aliphatic carbocycles. The van der Waals surface area contributed by atoms with Gasteiger partial charge in [0.15, 0.2) is 0 Å². The van der Waals surface area contributed by atoms with E-state index in [1.165, 1.54) is 6.42 Å². The average Bonchev–Trinajstić information content (AvgIpc) is 3.05. The van der Waals surface area contributed by atoms with Crippen LogP contribution in [0, 0.1) is 6.92 Å². The second-order valence-electron chi connectivity index (χ2n) is 7.16. The minimum atomic E-state index is -0.0576. The van der Waals surface area contributed by atoms with Gasteiger partial charge in [-0.05, 0) is 26.8 Å². The molecule has 0 saturated carbocycles. The predicted octanol–water partition coefficient (Wildman–Crippen LogP) is -0.103. The van der Waals surface area contributed by atoms with Crippen molar-refractivity contribution in [3.63, 3.8) is 0 Å². The standard InChI is InChI=1S/C17H26N6O/c1-12-19-15-14(3-5-18-17(15)24)16(20-12)23-6-4-13(11-23)22-9-7-21(2)8-10-22/h13H,3-11H2,1-2H3,(H,18,24). The number of carbonyl (C=O) groups is 1. The number of nitrogens with zero attached hydrogens (tertiary/aromatic N) is 5. The first-order valence-corrected chi connectivity index (χ1v) is 8.95. The second-order valence-corrected chi connectivity index (χ2v) is 7.16. The molecule has 0 radical (unpaired) electrons. The number of anilines is 1. The first-order valence-electron chi connectivity index (χ1n) is 8.95. The number of carbonyl (C=O) groups excluding carboxylic acids is 1. The number of likely N-dealkylation sites (N-methyl/N-ethyl adjacent to an activating group) is 1. The Morgan fingerprint density at radius 2 is 1.92 bits per heavy atom. The smallest absolute Gasteiger partial charge is 0.270 e. The maximum atomic E-state index is 12.1. The minimum absolute atomic E-state index is 0.0576. The zero-order valence-corrected chi connectivity index (χ0v) is 14.6. The van der Waals surface area contributed by atoms with Gasteiger partial charge in [-0.3, -0.25) is 9.69 Å². The van der Waals surface area contributed by atoms with Crippen molar-refractivity contribution in [1.29, 1.82) is 0 Å². The molecule has 1 unspecified atom stereocenters. The van der Waals surface area contributed by atoms with E-state index in [0.29, 0.717) is 24.1 Å². The van der Waals surface area contributed by atoms with Gasteiger partial charge in [-0.25, -0.2) is 9.97 Å². The van der Waals surface area contributed by atoms with E-state index in [1.807, 2.05) is 6.92 Å².